The predicted octanol–water partition coefficient (Wildman–Crippen LogP) is 3.74. The van der Waals surface area contributed by atoms with Gasteiger partial charge in [-0.3, -0.25) is 0 Å². The molecule has 96 valence electrons. The molecule has 0 amide bonds. The van der Waals surface area contributed by atoms with E-state index in [0.29, 0.717) is 10.9 Å². The van der Waals surface area contributed by atoms with Crippen molar-refractivity contribution in [3.8, 4) is 0 Å². The van der Waals surface area contributed by atoms with Crippen LogP contribution in [-0.2, 0) is 6.18 Å². The smallest absolute Gasteiger partial charge is 0.388 e. The fraction of sp³-hybridized carbons (Fsp3) is 0.250. The van der Waals surface area contributed by atoms with E-state index in [0.717, 1.165) is 12.1 Å². The molecule has 0 aliphatic carbocycles. The van der Waals surface area contributed by atoms with Crippen LogP contribution in [0.2, 0.25) is 0 Å². The van der Waals surface area contributed by atoms with Crippen LogP contribution in [-0.4, -0.2) is 12.0 Å². The third-order valence-electron chi connectivity index (χ3n) is 2.68. The van der Waals surface area contributed by atoms with Crippen LogP contribution >= 0.6 is 0 Å². The number of nitrogens with one attached hydrogen (secondary N) is 1. The highest BCUT2D eigenvalue weighted by Crippen LogP contribution is 2.34. The number of aromatic nitrogens is 1. The normalized spacial score (nSPS) is 11.9. The van der Waals surface area contributed by atoms with Crippen LogP contribution in [0.3, 0.4) is 0 Å². The summed E-state index contributed by atoms with van der Waals surface area (Å²) in [4.78, 5) is 3.38. The van der Waals surface area contributed by atoms with Gasteiger partial charge in [-0.25, -0.2) is 9.37 Å². The fourth-order valence-corrected chi connectivity index (χ4v) is 1.82. The largest absolute Gasteiger partial charge is 0.433 e. The number of anilines is 1. The monoisotopic (exact) mass is 258 g/mol. The van der Waals surface area contributed by atoms with Crippen molar-refractivity contribution >= 4 is 16.6 Å². The number of aryl methyl sites for hydroxylation is 1. The molecule has 0 atom stereocenters. The first-order valence-corrected chi connectivity index (χ1v) is 5.19. The van der Waals surface area contributed by atoms with Crippen molar-refractivity contribution in [1.29, 1.82) is 0 Å². The Hall–Kier alpha value is -1.85. The van der Waals surface area contributed by atoms with Gasteiger partial charge in [0.2, 0.25) is 0 Å². The molecule has 2 rings (SSSR count). The maximum atomic E-state index is 13.6. The lowest BCUT2D eigenvalue weighted by Crippen LogP contribution is -2.10. The van der Waals surface area contributed by atoms with Crippen molar-refractivity contribution < 1.29 is 17.6 Å². The van der Waals surface area contributed by atoms with Crippen molar-refractivity contribution in [1.82, 2.24) is 4.98 Å². The lowest BCUT2D eigenvalue weighted by Gasteiger charge is -2.13. The summed E-state index contributed by atoms with van der Waals surface area (Å²) in [5, 5.41) is 3.01. The zero-order valence-electron chi connectivity index (χ0n) is 9.69. The Morgan fingerprint density at radius 1 is 1.22 bits per heavy atom. The number of rotatable bonds is 1. The van der Waals surface area contributed by atoms with Gasteiger partial charge in [0, 0.05) is 18.1 Å². The molecule has 18 heavy (non-hydrogen) atoms. The van der Waals surface area contributed by atoms with E-state index in [-0.39, 0.29) is 11.2 Å². The van der Waals surface area contributed by atoms with Gasteiger partial charge in [-0.2, -0.15) is 13.2 Å². The van der Waals surface area contributed by atoms with Crippen LogP contribution in [0.5, 0.6) is 0 Å². The Balaban J connectivity index is 2.88. The summed E-state index contributed by atoms with van der Waals surface area (Å²) in [6.07, 6.45) is -4.60. The van der Waals surface area contributed by atoms with Crippen LogP contribution in [0.1, 0.15) is 11.3 Å². The third kappa shape index (κ3) is 1.98. The molecule has 0 saturated carbocycles. The van der Waals surface area contributed by atoms with Gasteiger partial charge in [0.15, 0.2) is 0 Å². The topological polar surface area (TPSA) is 24.9 Å². The van der Waals surface area contributed by atoms with Gasteiger partial charge >= 0.3 is 6.18 Å². The first kappa shape index (κ1) is 12.6. The number of hydrogen-bond donors (Lipinski definition) is 1. The van der Waals surface area contributed by atoms with Crippen LogP contribution in [0.15, 0.2) is 18.2 Å². The minimum atomic E-state index is -4.60. The Kier molecular flexibility index (Phi) is 2.88. The molecule has 0 bridgehead atoms. The zero-order valence-corrected chi connectivity index (χ0v) is 9.69. The maximum absolute atomic E-state index is 13.6. The molecule has 1 N–H and O–H groups in total. The number of alkyl halides is 3. The summed E-state index contributed by atoms with van der Waals surface area (Å²) >= 11 is 0. The highest BCUT2D eigenvalue weighted by atomic mass is 19.4. The predicted molar refractivity (Wildman–Crippen MR) is 61.0 cm³/mol. The van der Waals surface area contributed by atoms with Gasteiger partial charge < -0.3 is 5.32 Å². The van der Waals surface area contributed by atoms with Crippen LogP contribution in [0.4, 0.5) is 23.2 Å². The number of fused-ring (bicyclic) bond motifs is 1. The molecule has 2 aromatic rings. The number of benzene rings is 1. The lowest BCUT2D eigenvalue weighted by atomic mass is 10.1. The summed E-state index contributed by atoms with van der Waals surface area (Å²) in [6, 6.07) is 3.51. The Labute approximate surface area is 101 Å². The van der Waals surface area contributed by atoms with E-state index < -0.39 is 17.7 Å². The quantitative estimate of drug-likeness (QED) is 0.788. The maximum Gasteiger partial charge on any atom is 0.433 e. The van der Waals surface area contributed by atoms with E-state index >= 15 is 0 Å². The summed E-state index contributed by atoms with van der Waals surface area (Å²) in [5.41, 5.74) is -0.501. The number of hydrogen-bond acceptors (Lipinski definition) is 2. The second-order valence-corrected chi connectivity index (χ2v) is 3.89. The minimum Gasteiger partial charge on any atom is -0.388 e. The summed E-state index contributed by atoms with van der Waals surface area (Å²) in [6.45, 7) is 1.69. The average Bonchev–Trinajstić information content (AvgIpc) is 2.31. The van der Waals surface area contributed by atoms with Crippen LogP contribution in [0.25, 0.3) is 10.9 Å². The van der Waals surface area contributed by atoms with Gasteiger partial charge in [0.05, 0.1) is 0 Å². The molecule has 0 unspecified atom stereocenters. The molecule has 1 heterocycles. The van der Waals surface area contributed by atoms with Crippen molar-refractivity contribution in [2.75, 3.05) is 12.4 Å². The standard InChI is InChI=1S/C12H10F4N2/c1-6-3-4-7(13)11-10(6)8(17-2)5-9(18-11)12(14,15)16/h3-5H,1-2H3,(H,17,18). The fourth-order valence-electron chi connectivity index (χ4n) is 1.82. The van der Waals surface area contributed by atoms with E-state index in [1.165, 1.54) is 13.1 Å². The highest BCUT2D eigenvalue weighted by Gasteiger charge is 2.33. The Morgan fingerprint density at radius 3 is 2.44 bits per heavy atom. The zero-order chi connectivity index (χ0) is 13.5. The molecule has 6 heteroatoms. The molecule has 0 spiro atoms. The van der Waals surface area contributed by atoms with E-state index in [9.17, 15) is 17.6 Å². The van der Waals surface area contributed by atoms with E-state index in [1.807, 2.05) is 0 Å². The molecule has 1 aromatic carbocycles. The van der Waals surface area contributed by atoms with Crippen molar-refractivity contribution in [2.24, 2.45) is 0 Å². The van der Waals surface area contributed by atoms with E-state index in [2.05, 4.69) is 10.3 Å². The van der Waals surface area contributed by atoms with Gasteiger partial charge in [-0.1, -0.05) is 6.07 Å². The van der Waals surface area contributed by atoms with Gasteiger partial charge in [0.1, 0.15) is 17.0 Å². The van der Waals surface area contributed by atoms with Gasteiger partial charge in [-0.15, -0.1) is 0 Å². The third-order valence-corrected chi connectivity index (χ3v) is 2.68. The lowest BCUT2D eigenvalue weighted by molar-refractivity contribution is -0.140. The van der Waals surface area contributed by atoms with Crippen LogP contribution in [0, 0.1) is 12.7 Å². The molecular formula is C12H10F4N2. The number of halogens is 4. The Morgan fingerprint density at radius 2 is 1.89 bits per heavy atom. The minimum absolute atomic E-state index is 0.212. The summed E-state index contributed by atoms with van der Waals surface area (Å²) < 4.78 is 51.5. The molecule has 0 radical (unpaired) electrons. The summed E-state index contributed by atoms with van der Waals surface area (Å²) in [7, 11) is 1.49. The molecule has 0 aliphatic heterocycles. The van der Waals surface area contributed by atoms with Crippen molar-refractivity contribution in [3.63, 3.8) is 0 Å². The van der Waals surface area contributed by atoms with E-state index in [1.54, 1.807) is 6.92 Å². The molecular weight excluding hydrogens is 248 g/mol. The van der Waals surface area contributed by atoms with Crippen molar-refractivity contribution in [2.45, 2.75) is 13.1 Å². The van der Waals surface area contributed by atoms with Crippen LogP contribution < -0.4 is 5.32 Å². The summed E-state index contributed by atoms with van der Waals surface area (Å²) in [5.74, 6) is -0.766. The van der Waals surface area contributed by atoms with Crippen molar-refractivity contribution in [3.05, 3.63) is 35.3 Å². The molecule has 0 fully saturated rings. The molecule has 0 saturated heterocycles. The number of pyridine rings is 1. The highest BCUT2D eigenvalue weighted by molar-refractivity contribution is 5.94. The van der Waals surface area contributed by atoms with Gasteiger partial charge in [0.25, 0.3) is 0 Å². The molecule has 0 aliphatic rings. The van der Waals surface area contributed by atoms with Gasteiger partial charge in [-0.05, 0) is 24.6 Å². The first-order valence-electron chi connectivity index (χ1n) is 5.19. The second-order valence-electron chi connectivity index (χ2n) is 3.89. The van der Waals surface area contributed by atoms with E-state index in [4.69, 9.17) is 0 Å². The number of nitrogens with zero attached hydrogens (tertiary/aromatic N) is 1. The second kappa shape index (κ2) is 4.12. The average molecular weight is 258 g/mol. The first-order chi connectivity index (χ1) is 8.34. The Bertz CT molecular complexity index is 605. The SMILES string of the molecule is CNc1cc(C(F)(F)F)nc2c(F)ccc(C)c12. The molecule has 1 aromatic heterocycles. The molecule has 2 nitrogen and oxygen atoms in total.